The van der Waals surface area contributed by atoms with E-state index < -0.39 is 10.0 Å². The van der Waals surface area contributed by atoms with Crippen LogP contribution in [0.5, 0.6) is 0 Å². The van der Waals surface area contributed by atoms with Crippen molar-refractivity contribution in [1.29, 1.82) is 0 Å². The number of nitrogens with zero attached hydrogens (tertiary/aromatic N) is 1. The molecule has 2 aromatic rings. The van der Waals surface area contributed by atoms with E-state index in [0.29, 0.717) is 10.2 Å². The van der Waals surface area contributed by atoms with Crippen molar-refractivity contribution in [3.05, 3.63) is 28.6 Å². The Balaban J connectivity index is 2.27. The number of hydrogen-bond acceptors (Lipinski definition) is 5. The Morgan fingerprint density at radius 2 is 2.05 bits per heavy atom. The van der Waals surface area contributed by atoms with Gasteiger partial charge in [-0.3, -0.25) is 0 Å². The highest BCUT2D eigenvalue weighted by molar-refractivity contribution is 9.10. The van der Waals surface area contributed by atoms with Crippen LogP contribution in [-0.2, 0) is 15.4 Å². The van der Waals surface area contributed by atoms with Crippen LogP contribution in [0.1, 0.15) is 26.5 Å². The number of aromatic nitrogens is 1. The van der Waals surface area contributed by atoms with Gasteiger partial charge in [0.2, 0.25) is 5.88 Å². The van der Waals surface area contributed by atoms with Gasteiger partial charge in [0.15, 0.2) is 0 Å². The smallest absolute Gasteiger partial charge is 0.298 e. The number of sulfonamides is 1. The van der Waals surface area contributed by atoms with E-state index in [-0.39, 0.29) is 16.4 Å². The van der Waals surface area contributed by atoms with Crippen molar-refractivity contribution in [3.8, 4) is 0 Å². The van der Waals surface area contributed by atoms with Crippen molar-refractivity contribution in [2.75, 3.05) is 4.72 Å². The molecule has 0 fully saturated rings. The van der Waals surface area contributed by atoms with Gasteiger partial charge in [0.25, 0.3) is 15.1 Å². The molecule has 0 spiro atoms. The van der Waals surface area contributed by atoms with Gasteiger partial charge in [-0.25, -0.2) is 4.72 Å². The molecule has 2 rings (SSSR count). The molecule has 0 saturated heterocycles. The molecule has 2 heterocycles. The van der Waals surface area contributed by atoms with Crippen molar-refractivity contribution in [3.63, 3.8) is 0 Å². The number of anilines is 1. The number of nitrogens with one attached hydrogen (secondary N) is 1. The summed E-state index contributed by atoms with van der Waals surface area (Å²) in [6.45, 7) is 5.85. The zero-order valence-corrected chi connectivity index (χ0v) is 13.0. The van der Waals surface area contributed by atoms with E-state index in [2.05, 4.69) is 25.8 Å². The zero-order valence-electron chi connectivity index (χ0n) is 10.6. The SMILES string of the molecule is CC(C)(C)c1cc(NS(=O)(=O)c2occc2Br)on1. The summed E-state index contributed by atoms with van der Waals surface area (Å²) in [6, 6.07) is 3.05. The molecule has 6 nitrogen and oxygen atoms in total. The lowest BCUT2D eigenvalue weighted by Crippen LogP contribution is -2.13. The summed E-state index contributed by atoms with van der Waals surface area (Å²) >= 11 is 3.09. The number of furan rings is 1. The average Bonchev–Trinajstić information content (AvgIpc) is 2.85. The van der Waals surface area contributed by atoms with Crippen LogP contribution in [0.4, 0.5) is 5.88 Å². The molecule has 8 heteroatoms. The second-order valence-corrected chi connectivity index (χ2v) is 7.42. The van der Waals surface area contributed by atoms with Crippen molar-refractivity contribution >= 4 is 31.8 Å². The second kappa shape index (κ2) is 4.68. The van der Waals surface area contributed by atoms with Crippen LogP contribution in [0, 0.1) is 0 Å². The van der Waals surface area contributed by atoms with E-state index in [4.69, 9.17) is 8.94 Å². The van der Waals surface area contributed by atoms with E-state index >= 15 is 0 Å². The highest BCUT2D eigenvalue weighted by Gasteiger charge is 2.25. The van der Waals surface area contributed by atoms with Crippen LogP contribution in [0.2, 0.25) is 0 Å². The van der Waals surface area contributed by atoms with Crippen LogP contribution in [0.3, 0.4) is 0 Å². The Morgan fingerprint density at radius 1 is 1.37 bits per heavy atom. The fourth-order valence-electron chi connectivity index (χ4n) is 1.33. The van der Waals surface area contributed by atoms with E-state index in [1.165, 1.54) is 12.3 Å². The lowest BCUT2D eigenvalue weighted by molar-refractivity contribution is 0.404. The van der Waals surface area contributed by atoms with E-state index in [1.54, 1.807) is 6.07 Å². The molecule has 0 aliphatic heterocycles. The highest BCUT2D eigenvalue weighted by Crippen LogP contribution is 2.27. The topological polar surface area (TPSA) is 85.3 Å². The van der Waals surface area contributed by atoms with Crippen LogP contribution in [0.25, 0.3) is 0 Å². The molecule has 0 amide bonds. The maximum atomic E-state index is 12.0. The van der Waals surface area contributed by atoms with E-state index in [9.17, 15) is 8.42 Å². The van der Waals surface area contributed by atoms with Crippen molar-refractivity contribution in [1.82, 2.24) is 5.16 Å². The first kappa shape index (κ1) is 14.1. The lowest BCUT2D eigenvalue weighted by atomic mass is 9.92. The monoisotopic (exact) mass is 348 g/mol. The van der Waals surface area contributed by atoms with Gasteiger partial charge in [-0.15, -0.1) is 0 Å². The minimum Gasteiger partial charge on any atom is -0.450 e. The highest BCUT2D eigenvalue weighted by atomic mass is 79.9. The van der Waals surface area contributed by atoms with Gasteiger partial charge in [0, 0.05) is 11.5 Å². The standard InChI is InChI=1S/C11H13BrN2O4S/c1-11(2,3)8-6-9(18-13-8)14-19(15,16)10-7(12)4-5-17-10/h4-6,14H,1-3H3. The lowest BCUT2D eigenvalue weighted by Gasteiger charge is -2.12. The summed E-state index contributed by atoms with van der Waals surface area (Å²) in [4.78, 5) is 0. The Hall–Kier alpha value is -1.28. The quantitative estimate of drug-likeness (QED) is 0.920. The summed E-state index contributed by atoms with van der Waals surface area (Å²) in [6.07, 6.45) is 1.28. The summed E-state index contributed by atoms with van der Waals surface area (Å²) in [5, 5.41) is 3.62. The summed E-state index contributed by atoms with van der Waals surface area (Å²) in [7, 11) is -3.83. The van der Waals surface area contributed by atoms with Gasteiger partial charge in [0.05, 0.1) is 16.4 Å². The normalized spacial score (nSPS) is 12.6. The van der Waals surface area contributed by atoms with E-state index in [1.807, 2.05) is 20.8 Å². The molecule has 1 N–H and O–H groups in total. The number of hydrogen-bond donors (Lipinski definition) is 1. The van der Waals surface area contributed by atoms with Gasteiger partial charge in [0.1, 0.15) is 0 Å². The fraction of sp³-hybridized carbons (Fsp3) is 0.364. The maximum Gasteiger partial charge on any atom is 0.298 e. The number of rotatable bonds is 3. The van der Waals surface area contributed by atoms with Gasteiger partial charge >= 0.3 is 0 Å². The first-order valence-corrected chi connectivity index (χ1v) is 7.71. The minimum atomic E-state index is -3.83. The van der Waals surface area contributed by atoms with Gasteiger partial charge in [-0.05, 0) is 22.0 Å². The molecule has 0 saturated carbocycles. The molecule has 0 aliphatic rings. The molecule has 19 heavy (non-hydrogen) atoms. The third-order valence-electron chi connectivity index (χ3n) is 2.34. The van der Waals surface area contributed by atoms with Crippen LogP contribution in [0.15, 0.2) is 36.9 Å². The Bertz CT molecular complexity index is 682. The number of halogens is 1. The Morgan fingerprint density at radius 3 is 2.53 bits per heavy atom. The van der Waals surface area contributed by atoms with Gasteiger partial charge in [-0.2, -0.15) is 8.42 Å². The maximum absolute atomic E-state index is 12.0. The third kappa shape index (κ3) is 3.01. The molecule has 0 atom stereocenters. The Kier molecular flexibility index (Phi) is 3.48. The van der Waals surface area contributed by atoms with Crippen LogP contribution < -0.4 is 4.72 Å². The average molecular weight is 349 g/mol. The summed E-state index contributed by atoms with van der Waals surface area (Å²) < 4.78 is 36.5. The van der Waals surface area contributed by atoms with Gasteiger partial charge < -0.3 is 8.94 Å². The summed E-state index contributed by atoms with van der Waals surface area (Å²) in [5.41, 5.74) is 0.432. The largest absolute Gasteiger partial charge is 0.450 e. The van der Waals surface area contributed by atoms with Crippen molar-refractivity contribution in [2.45, 2.75) is 31.3 Å². The molecule has 0 aliphatic carbocycles. The molecule has 0 radical (unpaired) electrons. The summed E-state index contributed by atoms with van der Waals surface area (Å²) in [5.74, 6) is 0.0493. The van der Waals surface area contributed by atoms with Crippen molar-refractivity contribution < 1.29 is 17.4 Å². The molecular formula is C11H13BrN2O4S. The molecule has 0 bridgehead atoms. The third-order valence-corrected chi connectivity index (χ3v) is 4.50. The molecule has 104 valence electrons. The predicted octanol–water partition coefficient (Wildman–Crippen LogP) is 3.13. The minimum absolute atomic E-state index is 0.0493. The zero-order chi connectivity index (χ0) is 14.3. The first-order valence-electron chi connectivity index (χ1n) is 5.43. The van der Waals surface area contributed by atoms with Crippen molar-refractivity contribution in [2.24, 2.45) is 0 Å². The predicted molar refractivity (Wildman–Crippen MR) is 72.4 cm³/mol. The fourth-order valence-corrected chi connectivity index (χ4v) is 3.13. The molecule has 0 unspecified atom stereocenters. The van der Waals surface area contributed by atoms with E-state index in [0.717, 1.165) is 0 Å². The van der Waals surface area contributed by atoms with Crippen LogP contribution in [-0.4, -0.2) is 13.6 Å². The molecule has 2 aromatic heterocycles. The second-order valence-electron chi connectivity index (χ2n) is 4.99. The molecular weight excluding hydrogens is 336 g/mol. The first-order chi connectivity index (χ1) is 8.70. The molecule has 0 aromatic carbocycles. The van der Waals surface area contributed by atoms with Crippen LogP contribution >= 0.6 is 15.9 Å². The Labute approximate surface area is 119 Å². The van der Waals surface area contributed by atoms with Gasteiger partial charge in [-0.1, -0.05) is 25.9 Å².